The van der Waals surface area contributed by atoms with Gasteiger partial charge in [-0.3, -0.25) is 9.68 Å². The van der Waals surface area contributed by atoms with Crippen molar-refractivity contribution in [2.75, 3.05) is 5.75 Å². The average Bonchev–Trinajstić information content (AvgIpc) is 2.46. The van der Waals surface area contributed by atoms with Gasteiger partial charge in [0.05, 0.1) is 12.2 Å². The summed E-state index contributed by atoms with van der Waals surface area (Å²) in [4.78, 5) is 25.2. The Hall–Kier alpha value is -1.15. The van der Waals surface area contributed by atoms with Crippen LogP contribution in [0, 0.1) is 0 Å². The Morgan fingerprint density at radius 1 is 1.00 bits per heavy atom. The zero-order chi connectivity index (χ0) is 17.0. The van der Waals surface area contributed by atoms with E-state index in [1.54, 1.807) is 0 Å². The Bertz CT molecular complexity index is 430. The van der Waals surface area contributed by atoms with Crippen LogP contribution in [0.1, 0.15) is 64.7 Å². The van der Waals surface area contributed by atoms with E-state index >= 15 is 0 Å². The molecule has 2 N–H and O–H groups in total. The number of rotatable bonds is 13. The molecule has 0 aromatic rings. The highest BCUT2D eigenvalue weighted by atomic mass is 32.2. The molecule has 8 heteroatoms. The number of aliphatic carboxylic acids is 1. The van der Waals surface area contributed by atoms with Crippen molar-refractivity contribution in [1.82, 2.24) is 0 Å². The molecule has 0 aliphatic carbocycles. The molecule has 0 radical (unpaired) electrons. The molecule has 0 aromatic heterocycles. The minimum atomic E-state index is -3.95. The van der Waals surface area contributed by atoms with Crippen LogP contribution in [-0.2, 0) is 24.3 Å². The van der Waals surface area contributed by atoms with E-state index in [0.29, 0.717) is 12.8 Å². The average molecular weight is 338 g/mol. The normalized spacial score (nSPS) is 12.8. The standard InChI is InChI=1S/C14H26O7S/c1-2-3-4-5-6-7-8-9-10-22(19,20)12(11-13(15)16)14(17)21-18/h12,18H,2-11H2,1H3,(H,15,16). The first-order valence-electron chi connectivity index (χ1n) is 7.63. The third kappa shape index (κ3) is 8.99. The zero-order valence-corrected chi connectivity index (χ0v) is 13.8. The number of hydrogen-bond acceptors (Lipinski definition) is 6. The Kier molecular flexibility index (Phi) is 10.8. The number of carbonyl (C=O) groups is 2. The first-order valence-corrected chi connectivity index (χ1v) is 9.35. The fourth-order valence-electron chi connectivity index (χ4n) is 2.15. The first-order chi connectivity index (χ1) is 10.3. The molecule has 7 nitrogen and oxygen atoms in total. The van der Waals surface area contributed by atoms with Crippen LogP contribution >= 0.6 is 0 Å². The van der Waals surface area contributed by atoms with Crippen molar-refractivity contribution < 1.29 is 33.3 Å². The van der Waals surface area contributed by atoms with Gasteiger partial charge in [0.2, 0.25) is 0 Å². The van der Waals surface area contributed by atoms with Crippen LogP contribution in [0.2, 0.25) is 0 Å². The van der Waals surface area contributed by atoms with Crippen molar-refractivity contribution in [3.8, 4) is 0 Å². The number of sulfone groups is 1. The summed E-state index contributed by atoms with van der Waals surface area (Å²) in [5, 5.41) is 15.1. The van der Waals surface area contributed by atoms with Gasteiger partial charge in [-0.25, -0.2) is 13.2 Å². The topological polar surface area (TPSA) is 118 Å². The summed E-state index contributed by atoms with van der Waals surface area (Å²) in [6, 6.07) is 0. The second-order valence-electron chi connectivity index (χ2n) is 5.34. The molecule has 1 atom stereocenters. The van der Waals surface area contributed by atoms with Gasteiger partial charge in [0.25, 0.3) is 0 Å². The molecular formula is C14H26O7S. The maximum Gasteiger partial charge on any atom is 0.360 e. The number of carboxylic acids is 1. The highest BCUT2D eigenvalue weighted by molar-refractivity contribution is 7.92. The molecule has 0 aromatic carbocycles. The van der Waals surface area contributed by atoms with Crippen LogP contribution < -0.4 is 0 Å². The lowest BCUT2D eigenvalue weighted by molar-refractivity contribution is -0.234. The third-order valence-electron chi connectivity index (χ3n) is 3.43. The highest BCUT2D eigenvalue weighted by Crippen LogP contribution is 2.14. The van der Waals surface area contributed by atoms with Crippen LogP contribution in [0.3, 0.4) is 0 Å². The summed E-state index contributed by atoms with van der Waals surface area (Å²) in [6.45, 7) is 2.13. The van der Waals surface area contributed by atoms with Crippen molar-refractivity contribution in [2.45, 2.75) is 70.0 Å². The number of carboxylic acid groups (broad SMARTS) is 1. The molecule has 0 aliphatic rings. The second-order valence-corrected chi connectivity index (χ2v) is 7.64. The van der Waals surface area contributed by atoms with Gasteiger partial charge in [-0.05, 0) is 6.42 Å². The van der Waals surface area contributed by atoms with Crippen LogP contribution in [0.25, 0.3) is 0 Å². The lowest BCUT2D eigenvalue weighted by Gasteiger charge is -2.12. The van der Waals surface area contributed by atoms with E-state index in [2.05, 4.69) is 11.8 Å². The van der Waals surface area contributed by atoms with Crippen LogP contribution in [-0.4, -0.2) is 41.7 Å². The predicted molar refractivity (Wildman–Crippen MR) is 81.2 cm³/mol. The molecular weight excluding hydrogens is 312 g/mol. The minimum absolute atomic E-state index is 0.283. The number of hydrogen-bond donors (Lipinski definition) is 2. The molecule has 0 fully saturated rings. The SMILES string of the molecule is CCCCCCCCCCS(=O)(=O)C(CC(=O)O)C(=O)OO. The minimum Gasteiger partial charge on any atom is -0.481 e. The van der Waals surface area contributed by atoms with E-state index in [0.717, 1.165) is 19.3 Å². The lowest BCUT2D eigenvalue weighted by Crippen LogP contribution is -2.35. The Morgan fingerprint density at radius 3 is 1.95 bits per heavy atom. The molecule has 0 rings (SSSR count). The van der Waals surface area contributed by atoms with E-state index in [4.69, 9.17) is 10.4 Å². The Morgan fingerprint density at radius 2 is 1.50 bits per heavy atom. The van der Waals surface area contributed by atoms with Crippen LogP contribution in [0.15, 0.2) is 0 Å². The summed E-state index contributed by atoms with van der Waals surface area (Å²) in [5.74, 6) is -3.16. The van der Waals surface area contributed by atoms with E-state index in [9.17, 15) is 18.0 Å². The monoisotopic (exact) mass is 338 g/mol. The van der Waals surface area contributed by atoms with Crippen molar-refractivity contribution in [1.29, 1.82) is 0 Å². The molecule has 130 valence electrons. The summed E-state index contributed by atoms with van der Waals surface area (Å²) in [6.07, 6.45) is 6.79. The largest absolute Gasteiger partial charge is 0.481 e. The maximum absolute atomic E-state index is 12.0. The van der Waals surface area contributed by atoms with Crippen molar-refractivity contribution in [3.63, 3.8) is 0 Å². The first kappa shape index (κ1) is 20.9. The quantitative estimate of drug-likeness (QED) is 0.301. The van der Waals surface area contributed by atoms with Gasteiger partial charge in [0.15, 0.2) is 15.1 Å². The molecule has 0 spiro atoms. The lowest BCUT2D eigenvalue weighted by atomic mass is 10.1. The third-order valence-corrected chi connectivity index (χ3v) is 5.51. The number of unbranched alkanes of at least 4 members (excludes halogenated alkanes) is 7. The fraction of sp³-hybridized carbons (Fsp3) is 0.857. The summed E-state index contributed by atoms with van der Waals surface area (Å²) < 4.78 is 23.9. The van der Waals surface area contributed by atoms with Gasteiger partial charge in [0.1, 0.15) is 0 Å². The molecule has 0 bridgehead atoms. The Balaban J connectivity index is 4.19. The van der Waals surface area contributed by atoms with Crippen molar-refractivity contribution >= 4 is 21.8 Å². The molecule has 0 saturated heterocycles. The van der Waals surface area contributed by atoms with Crippen molar-refractivity contribution in [3.05, 3.63) is 0 Å². The van der Waals surface area contributed by atoms with Gasteiger partial charge in [-0.1, -0.05) is 51.9 Å². The predicted octanol–water partition coefficient (Wildman–Crippen LogP) is 2.40. The molecule has 0 heterocycles. The number of carbonyl (C=O) groups excluding carboxylic acids is 1. The fourth-order valence-corrected chi connectivity index (χ4v) is 3.78. The molecule has 0 aliphatic heterocycles. The van der Waals surface area contributed by atoms with E-state index in [1.807, 2.05) is 0 Å². The highest BCUT2D eigenvalue weighted by Gasteiger charge is 2.36. The summed E-state index contributed by atoms with van der Waals surface area (Å²) >= 11 is 0. The second kappa shape index (κ2) is 11.4. The van der Waals surface area contributed by atoms with Crippen LogP contribution in [0.5, 0.6) is 0 Å². The van der Waals surface area contributed by atoms with Gasteiger partial charge in [-0.15, -0.1) is 0 Å². The van der Waals surface area contributed by atoms with Crippen molar-refractivity contribution in [2.24, 2.45) is 0 Å². The van der Waals surface area contributed by atoms with E-state index < -0.39 is 33.4 Å². The van der Waals surface area contributed by atoms with Crippen LogP contribution in [0.4, 0.5) is 0 Å². The molecule has 0 amide bonds. The molecule has 0 saturated carbocycles. The molecule has 22 heavy (non-hydrogen) atoms. The van der Waals surface area contributed by atoms with Gasteiger partial charge in [-0.2, -0.15) is 5.26 Å². The zero-order valence-electron chi connectivity index (χ0n) is 13.0. The molecule has 1 unspecified atom stereocenters. The Labute approximate surface area is 131 Å². The van der Waals surface area contributed by atoms with E-state index in [-0.39, 0.29) is 5.75 Å². The van der Waals surface area contributed by atoms with Gasteiger partial charge >= 0.3 is 11.9 Å². The summed E-state index contributed by atoms with van der Waals surface area (Å²) in [5.41, 5.74) is 0. The van der Waals surface area contributed by atoms with Gasteiger partial charge in [0, 0.05) is 0 Å². The van der Waals surface area contributed by atoms with Gasteiger partial charge < -0.3 is 5.11 Å². The maximum atomic E-state index is 12.0. The smallest absolute Gasteiger partial charge is 0.360 e. The van der Waals surface area contributed by atoms with E-state index in [1.165, 1.54) is 19.3 Å². The summed E-state index contributed by atoms with van der Waals surface area (Å²) in [7, 11) is -3.95.